The van der Waals surface area contributed by atoms with Gasteiger partial charge < -0.3 is 0 Å². The molecule has 2 aromatic carbocycles. The van der Waals surface area contributed by atoms with Crippen LogP contribution in [0.5, 0.6) is 5.75 Å². The van der Waals surface area contributed by atoms with E-state index in [1.54, 1.807) is 18.2 Å². The molecular weight excluding hydrogens is 433 g/mol. The zero-order chi connectivity index (χ0) is 20.9. The van der Waals surface area contributed by atoms with Crippen LogP contribution in [0.2, 0.25) is 0 Å². The Morgan fingerprint density at radius 2 is 1.79 bits per heavy atom. The Bertz CT molecular complexity index is 944. The first kappa shape index (κ1) is 21.4. The summed E-state index contributed by atoms with van der Waals surface area (Å²) < 4.78 is 26.7. The average molecular weight is 451 g/mol. The molecule has 0 fully saturated rings. The van der Waals surface area contributed by atoms with Gasteiger partial charge in [0, 0.05) is 0 Å². The van der Waals surface area contributed by atoms with E-state index in [1.807, 2.05) is 0 Å². The van der Waals surface area contributed by atoms with Crippen LogP contribution < -0.4 is 9.67 Å². The first-order chi connectivity index (χ1) is 13.1. The molecule has 0 aliphatic rings. The van der Waals surface area contributed by atoms with Gasteiger partial charge in [0.2, 0.25) is 0 Å². The SMILES string of the molecule is CC(=O)Nc1cc([As](=O)(O)OC(=O)C(O)CC(=O)c2ccccc2)ccc1O. The summed E-state index contributed by atoms with van der Waals surface area (Å²) in [5.74, 6) is -2.85. The maximum atomic E-state index is 12.4. The van der Waals surface area contributed by atoms with Crippen molar-refractivity contribution in [3.8, 4) is 5.75 Å². The van der Waals surface area contributed by atoms with Gasteiger partial charge in [-0.25, -0.2) is 0 Å². The maximum absolute atomic E-state index is 12.4. The fraction of sp³-hybridized carbons (Fsp3) is 0.167. The molecular formula is C18H18AsNO8. The number of benzene rings is 2. The summed E-state index contributed by atoms with van der Waals surface area (Å²) in [6.45, 7) is 1.18. The van der Waals surface area contributed by atoms with Crippen molar-refractivity contribution in [1.82, 2.24) is 0 Å². The molecule has 0 aliphatic heterocycles. The van der Waals surface area contributed by atoms with Crippen LogP contribution in [0, 0.1) is 0 Å². The number of amides is 1. The second kappa shape index (κ2) is 8.88. The number of carbonyl (C=O) groups excluding carboxylic acids is 3. The number of hydrogen-bond acceptors (Lipinski definition) is 7. The van der Waals surface area contributed by atoms with Crippen LogP contribution in [-0.4, -0.2) is 52.2 Å². The molecule has 0 aromatic heterocycles. The Morgan fingerprint density at radius 3 is 2.39 bits per heavy atom. The first-order valence-electron chi connectivity index (χ1n) is 8.04. The van der Waals surface area contributed by atoms with Gasteiger partial charge in [-0.3, -0.25) is 0 Å². The molecule has 10 heteroatoms. The molecule has 0 heterocycles. The molecule has 2 unspecified atom stereocenters. The average Bonchev–Trinajstić information content (AvgIpc) is 2.63. The Hall–Kier alpha value is -2.87. The number of nitrogens with one attached hydrogen (secondary N) is 1. The summed E-state index contributed by atoms with van der Waals surface area (Å²) >= 11 is -5.47. The number of aliphatic hydroxyl groups excluding tert-OH is 1. The van der Waals surface area contributed by atoms with Gasteiger partial charge in [0.05, 0.1) is 0 Å². The summed E-state index contributed by atoms with van der Waals surface area (Å²) in [5.41, 5.74) is 0.127. The number of hydrogen-bond donors (Lipinski definition) is 4. The quantitative estimate of drug-likeness (QED) is 0.263. The predicted molar refractivity (Wildman–Crippen MR) is 98.2 cm³/mol. The van der Waals surface area contributed by atoms with Crippen LogP contribution in [0.25, 0.3) is 0 Å². The number of aliphatic hydroxyl groups is 1. The summed E-state index contributed by atoms with van der Waals surface area (Å²) in [6.07, 6.45) is -2.55. The number of anilines is 1. The van der Waals surface area contributed by atoms with Gasteiger partial charge in [-0.15, -0.1) is 0 Å². The number of rotatable bonds is 7. The number of phenols is 1. The second-order valence-electron chi connectivity index (χ2n) is 5.82. The van der Waals surface area contributed by atoms with Crippen LogP contribution >= 0.6 is 0 Å². The van der Waals surface area contributed by atoms with Gasteiger partial charge >= 0.3 is 163 Å². The molecule has 0 bridgehead atoms. The molecule has 0 saturated heterocycles. The minimum absolute atomic E-state index is 0.142. The summed E-state index contributed by atoms with van der Waals surface area (Å²) in [4.78, 5) is 35.1. The molecule has 2 rings (SSSR count). The molecule has 0 saturated carbocycles. The van der Waals surface area contributed by atoms with E-state index in [0.717, 1.165) is 18.2 Å². The van der Waals surface area contributed by atoms with Crippen molar-refractivity contribution in [3.05, 3.63) is 54.1 Å². The molecule has 2 atom stereocenters. The van der Waals surface area contributed by atoms with Gasteiger partial charge in [-0.1, -0.05) is 0 Å². The van der Waals surface area contributed by atoms with Gasteiger partial charge in [0.25, 0.3) is 0 Å². The molecule has 0 radical (unpaired) electrons. The van der Waals surface area contributed by atoms with E-state index in [4.69, 9.17) is 0 Å². The number of carbonyl (C=O) groups is 3. The zero-order valence-electron chi connectivity index (χ0n) is 14.7. The Kier molecular flexibility index (Phi) is 6.79. The normalized spacial score (nSPS) is 13.8. The van der Waals surface area contributed by atoms with E-state index in [2.05, 4.69) is 9.04 Å². The topological polar surface area (TPSA) is 150 Å². The summed E-state index contributed by atoms with van der Waals surface area (Å²) in [6, 6.07) is 11.0. The van der Waals surface area contributed by atoms with Crippen molar-refractivity contribution >= 4 is 41.9 Å². The monoisotopic (exact) mass is 451 g/mol. The van der Waals surface area contributed by atoms with E-state index >= 15 is 0 Å². The molecule has 4 N–H and O–H groups in total. The molecule has 1 amide bonds. The van der Waals surface area contributed by atoms with Crippen molar-refractivity contribution in [2.75, 3.05) is 5.32 Å². The third-order valence-electron chi connectivity index (χ3n) is 3.58. The van der Waals surface area contributed by atoms with Crippen LogP contribution in [0.4, 0.5) is 5.69 Å². The van der Waals surface area contributed by atoms with Crippen LogP contribution in [0.1, 0.15) is 23.7 Å². The minimum atomic E-state index is -5.47. The Labute approximate surface area is 163 Å². The molecule has 28 heavy (non-hydrogen) atoms. The van der Waals surface area contributed by atoms with E-state index in [9.17, 15) is 32.4 Å². The van der Waals surface area contributed by atoms with E-state index in [-0.39, 0.29) is 21.4 Å². The molecule has 0 aliphatic carbocycles. The number of phenolic OH excluding ortho intramolecular Hbond substituents is 1. The van der Waals surface area contributed by atoms with Crippen molar-refractivity contribution in [1.29, 1.82) is 0 Å². The van der Waals surface area contributed by atoms with Crippen LogP contribution in [0.3, 0.4) is 0 Å². The molecule has 9 nitrogen and oxygen atoms in total. The van der Waals surface area contributed by atoms with Crippen molar-refractivity contribution in [2.24, 2.45) is 0 Å². The van der Waals surface area contributed by atoms with Gasteiger partial charge in [0.15, 0.2) is 0 Å². The fourth-order valence-electron chi connectivity index (χ4n) is 2.23. The molecule has 2 aromatic rings. The number of aromatic hydroxyl groups is 1. The van der Waals surface area contributed by atoms with Crippen molar-refractivity contribution in [2.45, 2.75) is 19.4 Å². The van der Waals surface area contributed by atoms with Gasteiger partial charge in [0.1, 0.15) is 0 Å². The fourth-order valence-corrected chi connectivity index (χ4v) is 4.38. The molecule has 0 spiro atoms. The van der Waals surface area contributed by atoms with Crippen LogP contribution in [0.15, 0.2) is 48.5 Å². The standard InChI is InChI=1S/C18H18AsNO8/c1-11(21)20-14-9-13(7-8-15(14)22)19(26,27)28-18(25)17(24)10-16(23)12-5-3-2-4-6-12/h2-9,17,22,24H,10H2,1H3,(H,20,21)(H,26,27). The van der Waals surface area contributed by atoms with Crippen molar-refractivity contribution in [3.63, 3.8) is 0 Å². The van der Waals surface area contributed by atoms with E-state index < -0.39 is 44.4 Å². The van der Waals surface area contributed by atoms with E-state index in [1.165, 1.54) is 19.1 Å². The second-order valence-corrected chi connectivity index (χ2v) is 9.47. The molecule has 148 valence electrons. The number of ketones is 1. The van der Waals surface area contributed by atoms with Gasteiger partial charge in [-0.05, 0) is 0 Å². The summed E-state index contributed by atoms with van der Waals surface area (Å²) in [5, 5.41) is 21.8. The predicted octanol–water partition coefficient (Wildman–Crippen LogP) is 0.0964. The third-order valence-corrected chi connectivity index (χ3v) is 6.43. The zero-order valence-corrected chi connectivity index (χ0v) is 16.6. The Balaban J connectivity index is 2.10. The number of Topliss-reactive ketones (excluding diaryl/α,β-unsaturated/α-hetero) is 1. The summed E-state index contributed by atoms with van der Waals surface area (Å²) in [7, 11) is 0. The van der Waals surface area contributed by atoms with Crippen molar-refractivity contribution < 1.29 is 36.2 Å². The first-order valence-corrected chi connectivity index (χ1v) is 11.3. The van der Waals surface area contributed by atoms with Gasteiger partial charge in [-0.2, -0.15) is 0 Å². The third kappa shape index (κ3) is 5.56. The van der Waals surface area contributed by atoms with E-state index in [0.29, 0.717) is 0 Å². The Morgan fingerprint density at radius 1 is 1.14 bits per heavy atom. The van der Waals surface area contributed by atoms with Crippen LogP contribution in [-0.2, 0) is 17.1 Å².